The quantitative estimate of drug-likeness (QED) is 0.707. The van der Waals surface area contributed by atoms with Gasteiger partial charge < -0.3 is 4.98 Å². The summed E-state index contributed by atoms with van der Waals surface area (Å²) in [5.41, 5.74) is 3.68. The van der Waals surface area contributed by atoms with Crippen molar-refractivity contribution in [1.29, 1.82) is 0 Å². The Kier molecular flexibility index (Phi) is 3.17. The number of H-pyrrole nitrogens is 1. The first-order valence-corrected chi connectivity index (χ1v) is 6.74. The molecule has 0 aliphatic heterocycles. The van der Waals surface area contributed by atoms with Gasteiger partial charge in [0.1, 0.15) is 11.0 Å². The molecule has 1 N–H and O–H groups in total. The normalized spacial score (nSPS) is 11.1. The van der Waals surface area contributed by atoms with E-state index in [4.69, 9.17) is 23.2 Å². The van der Waals surface area contributed by atoms with Crippen LogP contribution in [0.1, 0.15) is 12.5 Å². The van der Waals surface area contributed by atoms with Crippen LogP contribution < -0.4 is 0 Å². The van der Waals surface area contributed by atoms with Crippen LogP contribution in [0.15, 0.2) is 30.3 Å². The van der Waals surface area contributed by atoms with Crippen LogP contribution in [0.3, 0.4) is 0 Å². The topological polar surface area (TPSA) is 41.6 Å². The summed E-state index contributed by atoms with van der Waals surface area (Å²) in [5, 5.41) is 0.698. The van der Waals surface area contributed by atoms with Crippen LogP contribution >= 0.6 is 23.2 Å². The first-order valence-electron chi connectivity index (χ1n) is 5.99. The molecule has 5 heteroatoms. The molecule has 0 amide bonds. The van der Waals surface area contributed by atoms with Gasteiger partial charge in [-0.3, -0.25) is 0 Å². The Labute approximate surface area is 120 Å². The monoisotopic (exact) mass is 291 g/mol. The van der Waals surface area contributed by atoms with E-state index < -0.39 is 0 Å². The minimum atomic E-state index is 0.274. The smallest absolute Gasteiger partial charge is 0.179 e. The molecule has 3 rings (SSSR count). The minimum Gasteiger partial charge on any atom is -0.337 e. The van der Waals surface area contributed by atoms with E-state index in [0.29, 0.717) is 10.7 Å². The maximum atomic E-state index is 5.96. The maximum absolute atomic E-state index is 5.96. The van der Waals surface area contributed by atoms with Gasteiger partial charge in [0.25, 0.3) is 0 Å². The van der Waals surface area contributed by atoms with E-state index in [1.807, 2.05) is 18.2 Å². The number of hydrogen-bond acceptors (Lipinski definition) is 2. The Morgan fingerprint density at radius 3 is 2.74 bits per heavy atom. The SMILES string of the molecule is CCc1ccccc1-c1nc2nc(Cl)c(Cl)cc2[nH]1. The lowest BCUT2D eigenvalue weighted by Crippen LogP contribution is -1.88. The molecule has 0 saturated carbocycles. The predicted octanol–water partition coefficient (Wildman–Crippen LogP) is 4.49. The third-order valence-electron chi connectivity index (χ3n) is 3.04. The Hall–Kier alpha value is -1.58. The van der Waals surface area contributed by atoms with Gasteiger partial charge in [-0.1, -0.05) is 54.4 Å². The fourth-order valence-corrected chi connectivity index (χ4v) is 2.37. The summed E-state index contributed by atoms with van der Waals surface area (Å²) in [6.07, 6.45) is 0.947. The number of fused-ring (bicyclic) bond motifs is 1. The van der Waals surface area contributed by atoms with Crippen LogP contribution in [0.25, 0.3) is 22.6 Å². The predicted molar refractivity (Wildman–Crippen MR) is 78.7 cm³/mol. The van der Waals surface area contributed by atoms with Crippen LogP contribution in [0.5, 0.6) is 0 Å². The highest BCUT2D eigenvalue weighted by Crippen LogP contribution is 2.27. The molecule has 0 unspecified atom stereocenters. The second kappa shape index (κ2) is 4.83. The van der Waals surface area contributed by atoms with Crippen molar-refractivity contribution in [1.82, 2.24) is 15.0 Å². The number of aromatic amines is 1. The van der Waals surface area contributed by atoms with Gasteiger partial charge in [0.05, 0.1) is 10.5 Å². The van der Waals surface area contributed by atoms with Crippen molar-refractivity contribution in [3.63, 3.8) is 0 Å². The summed E-state index contributed by atoms with van der Waals surface area (Å²) in [4.78, 5) is 11.9. The molecule has 2 aromatic heterocycles. The number of benzene rings is 1. The molecule has 96 valence electrons. The molecule has 0 bridgehead atoms. The number of aromatic nitrogens is 3. The molecule has 1 aromatic carbocycles. The first kappa shape index (κ1) is 12.5. The Morgan fingerprint density at radius 1 is 1.16 bits per heavy atom. The van der Waals surface area contributed by atoms with Crippen LogP contribution in [-0.4, -0.2) is 15.0 Å². The van der Waals surface area contributed by atoms with E-state index in [0.717, 1.165) is 23.3 Å². The standard InChI is InChI=1S/C14H11Cl2N3/c1-2-8-5-3-4-6-9(8)13-17-11-7-10(15)12(16)18-14(11)19-13/h3-7H,2H2,1H3,(H,17,18,19). The van der Waals surface area contributed by atoms with Crippen molar-refractivity contribution in [3.05, 3.63) is 46.1 Å². The van der Waals surface area contributed by atoms with Crippen LogP contribution in [0, 0.1) is 0 Å². The number of nitrogens with zero attached hydrogens (tertiary/aromatic N) is 2. The summed E-state index contributed by atoms with van der Waals surface area (Å²) in [7, 11) is 0. The molecule has 3 aromatic rings. The van der Waals surface area contributed by atoms with Gasteiger partial charge in [0.15, 0.2) is 5.65 Å². The van der Waals surface area contributed by atoms with Crippen molar-refractivity contribution in [2.75, 3.05) is 0 Å². The average molecular weight is 292 g/mol. The Balaban J connectivity index is 2.20. The minimum absolute atomic E-state index is 0.274. The van der Waals surface area contributed by atoms with Crippen molar-refractivity contribution in [2.45, 2.75) is 13.3 Å². The summed E-state index contributed by atoms with van der Waals surface area (Å²) >= 11 is 11.9. The van der Waals surface area contributed by atoms with Gasteiger partial charge in [-0.25, -0.2) is 9.97 Å². The molecule has 2 heterocycles. The molecule has 0 fully saturated rings. The van der Waals surface area contributed by atoms with E-state index in [-0.39, 0.29) is 5.15 Å². The number of nitrogens with one attached hydrogen (secondary N) is 1. The van der Waals surface area contributed by atoms with Crippen molar-refractivity contribution in [3.8, 4) is 11.4 Å². The van der Waals surface area contributed by atoms with Crippen molar-refractivity contribution in [2.24, 2.45) is 0 Å². The zero-order valence-corrected chi connectivity index (χ0v) is 11.8. The number of halogens is 2. The summed E-state index contributed by atoms with van der Waals surface area (Å²) < 4.78 is 0. The molecule has 19 heavy (non-hydrogen) atoms. The largest absolute Gasteiger partial charge is 0.337 e. The fourth-order valence-electron chi connectivity index (χ4n) is 2.08. The highest BCUT2D eigenvalue weighted by atomic mass is 35.5. The number of pyridine rings is 1. The first-order chi connectivity index (χ1) is 9.19. The molecule has 3 nitrogen and oxygen atoms in total. The van der Waals surface area contributed by atoms with Crippen LogP contribution in [-0.2, 0) is 6.42 Å². The van der Waals surface area contributed by atoms with Gasteiger partial charge in [0, 0.05) is 5.56 Å². The summed E-state index contributed by atoms with van der Waals surface area (Å²) in [6.45, 7) is 2.12. The molecule has 0 radical (unpaired) electrons. The van der Waals surface area contributed by atoms with Crippen molar-refractivity contribution >= 4 is 34.4 Å². The number of aryl methyl sites for hydroxylation is 1. The van der Waals surface area contributed by atoms with Crippen molar-refractivity contribution < 1.29 is 0 Å². The lowest BCUT2D eigenvalue weighted by atomic mass is 10.1. The highest BCUT2D eigenvalue weighted by Gasteiger charge is 2.11. The zero-order valence-electron chi connectivity index (χ0n) is 10.2. The van der Waals surface area contributed by atoms with Crippen LogP contribution in [0.2, 0.25) is 10.2 Å². The van der Waals surface area contributed by atoms with E-state index in [9.17, 15) is 0 Å². The second-order valence-electron chi connectivity index (χ2n) is 4.23. The summed E-state index contributed by atoms with van der Waals surface area (Å²) in [5.74, 6) is 0.790. The molecular formula is C14H11Cl2N3. The zero-order chi connectivity index (χ0) is 13.4. The highest BCUT2D eigenvalue weighted by molar-refractivity contribution is 6.41. The molecule has 0 atom stereocenters. The number of hydrogen-bond donors (Lipinski definition) is 1. The van der Waals surface area contributed by atoms with Gasteiger partial charge in [-0.05, 0) is 18.1 Å². The Morgan fingerprint density at radius 2 is 1.95 bits per heavy atom. The van der Waals surface area contributed by atoms with E-state index in [1.54, 1.807) is 6.07 Å². The molecule has 0 saturated heterocycles. The third kappa shape index (κ3) is 2.20. The maximum Gasteiger partial charge on any atom is 0.179 e. The second-order valence-corrected chi connectivity index (χ2v) is 4.99. The third-order valence-corrected chi connectivity index (χ3v) is 3.71. The Bertz CT molecular complexity index is 711. The van der Waals surface area contributed by atoms with E-state index >= 15 is 0 Å². The molecular weight excluding hydrogens is 281 g/mol. The van der Waals surface area contributed by atoms with E-state index in [1.165, 1.54) is 5.56 Å². The molecule has 0 aliphatic rings. The van der Waals surface area contributed by atoms with Gasteiger partial charge in [-0.15, -0.1) is 0 Å². The number of imidazole rings is 1. The van der Waals surface area contributed by atoms with Gasteiger partial charge in [0.2, 0.25) is 0 Å². The molecule has 0 spiro atoms. The van der Waals surface area contributed by atoms with Gasteiger partial charge in [-0.2, -0.15) is 0 Å². The lowest BCUT2D eigenvalue weighted by molar-refractivity contribution is 1.13. The summed E-state index contributed by atoms with van der Waals surface area (Å²) in [6, 6.07) is 9.90. The lowest BCUT2D eigenvalue weighted by Gasteiger charge is -2.03. The number of rotatable bonds is 2. The average Bonchev–Trinajstić information content (AvgIpc) is 2.82. The molecule has 0 aliphatic carbocycles. The fraction of sp³-hybridized carbons (Fsp3) is 0.143. The van der Waals surface area contributed by atoms with Gasteiger partial charge >= 0.3 is 0 Å². The van der Waals surface area contributed by atoms with Crippen LogP contribution in [0.4, 0.5) is 0 Å². The van der Waals surface area contributed by atoms with E-state index in [2.05, 4.69) is 27.9 Å².